The van der Waals surface area contributed by atoms with Crippen molar-refractivity contribution < 1.29 is 9.47 Å². The van der Waals surface area contributed by atoms with Gasteiger partial charge in [0, 0.05) is 12.6 Å². The molecular weight excluding hydrogens is 274 g/mol. The normalized spacial score (nSPS) is 13.9. The molecule has 0 spiro atoms. The summed E-state index contributed by atoms with van der Waals surface area (Å²) in [5.41, 5.74) is 3.65. The number of rotatable bonds is 7. The molecule has 1 fully saturated rings. The van der Waals surface area contributed by atoms with Crippen molar-refractivity contribution in [2.24, 2.45) is 0 Å². The minimum Gasteiger partial charge on any atom is -0.493 e. The predicted octanol–water partition coefficient (Wildman–Crippen LogP) is 3.83. The molecule has 0 radical (unpaired) electrons. The Bertz CT molecular complexity index is 618. The van der Waals surface area contributed by atoms with E-state index >= 15 is 0 Å². The van der Waals surface area contributed by atoms with Crippen LogP contribution in [0.2, 0.25) is 0 Å². The zero-order valence-electron chi connectivity index (χ0n) is 13.3. The van der Waals surface area contributed by atoms with E-state index in [9.17, 15) is 0 Å². The Balaban J connectivity index is 1.62. The maximum atomic E-state index is 5.90. The van der Waals surface area contributed by atoms with E-state index in [1.165, 1.54) is 24.0 Å². The number of methoxy groups -OCH3 is 1. The second-order valence-electron chi connectivity index (χ2n) is 5.91. The standard InChI is InChI=1S/C19H23NO2/c1-14-3-5-15(6-4-14)13-22-18-10-7-16(11-19(18)21-2)12-20-17-8-9-17/h3-7,10-11,17,20H,8-9,12-13H2,1-2H3. The monoisotopic (exact) mass is 297 g/mol. The molecule has 3 rings (SSSR count). The van der Waals surface area contributed by atoms with Gasteiger partial charge in [0.25, 0.3) is 0 Å². The Morgan fingerprint density at radius 2 is 1.73 bits per heavy atom. The Hall–Kier alpha value is -2.00. The third-order valence-electron chi connectivity index (χ3n) is 3.92. The lowest BCUT2D eigenvalue weighted by Gasteiger charge is -2.13. The van der Waals surface area contributed by atoms with Gasteiger partial charge in [0.1, 0.15) is 6.61 Å². The summed E-state index contributed by atoms with van der Waals surface area (Å²) in [6, 6.07) is 15.2. The zero-order valence-corrected chi connectivity index (χ0v) is 13.3. The summed E-state index contributed by atoms with van der Waals surface area (Å²) >= 11 is 0. The summed E-state index contributed by atoms with van der Waals surface area (Å²) < 4.78 is 11.4. The first-order valence-electron chi connectivity index (χ1n) is 7.83. The Morgan fingerprint density at radius 1 is 1.00 bits per heavy atom. The largest absolute Gasteiger partial charge is 0.493 e. The quantitative estimate of drug-likeness (QED) is 0.842. The summed E-state index contributed by atoms with van der Waals surface area (Å²) in [7, 11) is 1.69. The van der Waals surface area contributed by atoms with Crippen LogP contribution in [0.3, 0.4) is 0 Å². The van der Waals surface area contributed by atoms with Crippen LogP contribution in [0.25, 0.3) is 0 Å². The van der Waals surface area contributed by atoms with Gasteiger partial charge in [0.15, 0.2) is 11.5 Å². The number of benzene rings is 2. The lowest BCUT2D eigenvalue weighted by Crippen LogP contribution is -2.15. The van der Waals surface area contributed by atoms with Crippen LogP contribution in [0.1, 0.15) is 29.5 Å². The molecular formula is C19H23NO2. The van der Waals surface area contributed by atoms with E-state index in [0.29, 0.717) is 12.6 Å². The summed E-state index contributed by atoms with van der Waals surface area (Å²) in [6.07, 6.45) is 2.60. The number of nitrogens with one attached hydrogen (secondary N) is 1. The van der Waals surface area contributed by atoms with Crippen LogP contribution >= 0.6 is 0 Å². The van der Waals surface area contributed by atoms with Crippen molar-refractivity contribution in [3.05, 3.63) is 59.2 Å². The van der Waals surface area contributed by atoms with E-state index in [1.807, 2.05) is 6.07 Å². The molecule has 0 saturated heterocycles. The Morgan fingerprint density at radius 3 is 2.41 bits per heavy atom. The molecule has 2 aromatic rings. The van der Waals surface area contributed by atoms with Crippen molar-refractivity contribution >= 4 is 0 Å². The van der Waals surface area contributed by atoms with E-state index in [2.05, 4.69) is 48.6 Å². The number of hydrogen-bond donors (Lipinski definition) is 1. The molecule has 3 heteroatoms. The van der Waals surface area contributed by atoms with Crippen LogP contribution in [0.15, 0.2) is 42.5 Å². The van der Waals surface area contributed by atoms with Crippen LogP contribution in [0.4, 0.5) is 0 Å². The van der Waals surface area contributed by atoms with Crippen LogP contribution in [0, 0.1) is 6.92 Å². The lowest BCUT2D eigenvalue weighted by molar-refractivity contribution is 0.284. The van der Waals surface area contributed by atoms with E-state index < -0.39 is 0 Å². The Labute approximate surface area is 132 Å². The fourth-order valence-corrected chi connectivity index (χ4v) is 2.34. The van der Waals surface area contributed by atoms with Crippen molar-refractivity contribution in [2.75, 3.05) is 7.11 Å². The van der Waals surface area contributed by atoms with Crippen molar-refractivity contribution in [3.63, 3.8) is 0 Å². The van der Waals surface area contributed by atoms with Crippen LogP contribution in [-0.2, 0) is 13.2 Å². The highest BCUT2D eigenvalue weighted by molar-refractivity contribution is 5.43. The average Bonchev–Trinajstić information content (AvgIpc) is 3.37. The van der Waals surface area contributed by atoms with Gasteiger partial charge in [0.05, 0.1) is 7.11 Å². The first-order chi connectivity index (χ1) is 10.7. The van der Waals surface area contributed by atoms with E-state index in [-0.39, 0.29) is 0 Å². The number of hydrogen-bond acceptors (Lipinski definition) is 3. The van der Waals surface area contributed by atoms with Crippen molar-refractivity contribution in [1.82, 2.24) is 5.32 Å². The Kier molecular flexibility index (Phi) is 4.64. The molecule has 0 bridgehead atoms. The van der Waals surface area contributed by atoms with E-state index in [0.717, 1.165) is 23.6 Å². The molecule has 0 heterocycles. The fraction of sp³-hybridized carbons (Fsp3) is 0.368. The van der Waals surface area contributed by atoms with Crippen LogP contribution < -0.4 is 14.8 Å². The predicted molar refractivity (Wildman–Crippen MR) is 88.4 cm³/mol. The molecule has 3 nitrogen and oxygen atoms in total. The smallest absolute Gasteiger partial charge is 0.161 e. The van der Waals surface area contributed by atoms with Gasteiger partial charge in [-0.15, -0.1) is 0 Å². The fourth-order valence-electron chi connectivity index (χ4n) is 2.34. The highest BCUT2D eigenvalue weighted by atomic mass is 16.5. The van der Waals surface area contributed by atoms with Gasteiger partial charge < -0.3 is 14.8 Å². The van der Waals surface area contributed by atoms with Gasteiger partial charge in [-0.2, -0.15) is 0 Å². The molecule has 22 heavy (non-hydrogen) atoms. The van der Waals surface area contributed by atoms with Crippen LogP contribution in [-0.4, -0.2) is 13.2 Å². The maximum absolute atomic E-state index is 5.90. The van der Waals surface area contributed by atoms with Crippen LogP contribution in [0.5, 0.6) is 11.5 Å². The molecule has 0 amide bonds. The summed E-state index contributed by atoms with van der Waals surface area (Å²) in [5, 5.41) is 3.51. The molecule has 0 atom stereocenters. The maximum Gasteiger partial charge on any atom is 0.161 e. The SMILES string of the molecule is COc1cc(CNC2CC2)ccc1OCc1ccc(C)cc1. The highest BCUT2D eigenvalue weighted by Crippen LogP contribution is 2.29. The molecule has 0 aromatic heterocycles. The minimum atomic E-state index is 0.552. The van der Waals surface area contributed by atoms with E-state index in [1.54, 1.807) is 7.11 Å². The van der Waals surface area contributed by atoms with E-state index in [4.69, 9.17) is 9.47 Å². The number of ether oxygens (including phenoxy) is 2. The van der Waals surface area contributed by atoms with Gasteiger partial charge in [0.2, 0.25) is 0 Å². The third-order valence-corrected chi connectivity index (χ3v) is 3.92. The summed E-state index contributed by atoms with van der Waals surface area (Å²) in [4.78, 5) is 0. The summed E-state index contributed by atoms with van der Waals surface area (Å²) in [6.45, 7) is 3.53. The first-order valence-corrected chi connectivity index (χ1v) is 7.83. The second kappa shape index (κ2) is 6.84. The topological polar surface area (TPSA) is 30.5 Å². The zero-order chi connectivity index (χ0) is 15.4. The van der Waals surface area contributed by atoms with Gasteiger partial charge in [-0.05, 0) is 43.0 Å². The lowest BCUT2D eigenvalue weighted by atomic mass is 10.1. The number of aryl methyl sites for hydroxylation is 1. The molecule has 1 aliphatic rings. The highest BCUT2D eigenvalue weighted by Gasteiger charge is 2.20. The molecule has 0 aliphatic heterocycles. The molecule has 2 aromatic carbocycles. The van der Waals surface area contributed by atoms with Crippen molar-refractivity contribution in [1.29, 1.82) is 0 Å². The van der Waals surface area contributed by atoms with Gasteiger partial charge >= 0.3 is 0 Å². The average molecular weight is 297 g/mol. The van der Waals surface area contributed by atoms with Crippen molar-refractivity contribution in [3.8, 4) is 11.5 Å². The molecule has 1 N–H and O–H groups in total. The van der Waals surface area contributed by atoms with Gasteiger partial charge in [-0.1, -0.05) is 35.9 Å². The van der Waals surface area contributed by atoms with Gasteiger partial charge in [-0.3, -0.25) is 0 Å². The molecule has 1 saturated carbocycles. The first kappa shape index (κ1) is 14.9. The second-order valence-corrected chi connectivity index (χ2v) is 5.91. The molecule has 0 unspecified atom stereocenters. The molecule has 116 valence electrons. The molecule has 1 aliphatic carbocycles. The third kappa shape index (κ3) is 4.01. The van der Waals surface area contributed by atoms with Crippen molar-refractivity contribution in [2.45, 2.75) is 39.0 Å². The van der Waals surface area contributed by atoms with Gasteiger partial charge in [-0.25, -0.2) is 0 Å². The minimum absolute atomic E-state index is 0.552. The summed E-state index contributed by atoms with van der Waals surface area (Å²) in [5.74, 6) is 1.58.